The second-order valence-electron chi connectivity index (χ2n) is 4.38. The number of amides is 1. The Bertz CT molecular complexity index is 637. The van der Waals surface area contributed by atoms with Gasteiger partial charge in [0.25, 0.3) is 5.91 Å². The van der Waals surface area contributed by atoms with Crippen molar-refractivity contribution in [2.45, 2.75) is 19.1 Å². The third-order valence-corrected chi connectivity index (χ3v) is 2.90. The number of carbonyl (C=O) groups excluding carboxylic acids is 1. The fourth-order valence-corrected chi connectivity index (χ4v) is 1.93. The Morgan fingerprint density at radius 2 is 2.10 bits per heavy atom. The molecule has 0 saturated carbocycles. The lowest BCUT2D eigenvalue weighted by molar-refractivity contribution is -0.140. The molecule has 2 aromatic rings. The van der Waals surface area contributed by atoms with Crippen LogP contribution in [-0.4, -0.2) is 16.1 Å². The Morgan fingerprint density at radius 1 is 1.38 bits per heavy atom. The number of nitrogens with one attached hydrogen (secondary N) is 2. The molecule has 0 unspecified atom stereocenters. The van der Waals surface area contributed by atoms with Gasteiger partial charge in [-0.1, -0.05) is 12.1 Å². The van der Waals surface area contributed by atoms with Crippen LogP contribution in [0.2, 0.25) is 0 Å². The van der Waals surface area contributed by atoms with E-state index in [1.54, 1.807) is 0 Å². The van der Waals surface area contributed by atoms with E-state index in [1.807, 2.05) is 0 Å². The summed E-state index contributed by atoms with van der Waals surface area (Å²) in [5.74, 6) is -1.97. The molecule has 0 saturated heterocycles. The highest BCUT2D eigenvalue weighted by Gasteiger charge is 2.38. The molecule has 2 rings (SSSR count). The minimum Gasteiger partial charge on any atom is -0.345 e. The van der Waals surface area contributed by atoms with E-state index in [9.17, 15) is 22.4 Å². The van der Waals surface area contributed by atoms with Gasteiger partial charge < -0.3 is 5.32 Å². The highest BCUT2D eigenvalue weighted by Crippen LogP contribution is 2.36. The lowest BCUT2D eigenvalue weighted by Gasteiger charge is -2.19. The number of benzene rings is 1. The molecule has 0 aliphatic carbocycles. The van der Waals surface area contributed by atoms with Gasteiger partial charge in [0.05, 0.1) is 23.4 Å². The van der Waals surface area contributed by atoms with E-state index in [1.165, 1.54) is 25.4 Å². The summed E-state index contributed by atoms with van der Waals surface area (Å²) in [6.45, 7) is 1.35. The van der Waals surface area contributed by atoms with Crippen LogP contribution in [0.5, 0.6) is 0 Å². The van der Waals surface area contributed by atoms with Crippen LogP contribution in [0, 0.1) is 5.82 Å². The zero-order valence-corrected chi connectivity index (χ0v) is 10.8. The SMILES string of the molecule is C[C@H](NC(=O)c1cn[nH]c1)c1cccc(F)c1C(F)(F)F. The lowest BCUT2D eigenvalue weighted by atomic mass is 10.00. The first-order chi connectivity index (χ1) is 9.80. The summed E-state index contributed by atoms with van der Waals surface area (Å²) in [5.41, 5.74) is -1.53. The molecule has 4 nitrogen and oxygen atoms in total. The maximum absolute atomic E-state index is 13.5. The van der Waals surface area contributed by atoms with Gasteiger partial charge >= 0.3 is 6.18 Å². The summed E-state index contributed by atoms with van der Waals surface area (Å²) in [6.07, 6.45) is -2.30. The molecule has 112 valence electrons. The van der Waals surface area contributed by atoms with Crippen molar-refractivity contribution in [2.75, 3.05) is 0 Å². The largest absolute Gasteiger partial charge is 0.419 e. The number of carbonyl (C=O) groups is 1. The number of hydrogen-bond donors (Lipinski definition) is 2. The van der Waals surface area contributed by atoms with Crippen LogP contribution in [0.15, 0.2) is 30.6 Å². The lowest BCUT2D eigenvalue weighted by Crippen LogP contribution is -2.28. The summed E-state index contributed by atoms with van der Waals surface area (Å²) in [4.78, 5) is 11.8. The van der Waals surface area contributed by atoms with Gasteiger partial charge in [-0.05, 0) is 18.6 Å². The van der Waals surface area contributed by atoms with Crippen molar-refractivity contribution >= 4 is 5.91 Å². The number of hydrogen-bond acceptors (Lipinski definition) is 2. The zero-order valence-electron chi connectivity index (χ0n) is 10.8. The fraction of sp³-hybridized carbons (Fsp3) is 0.231. The smallest absolute Gasteiger partial charge is 0.345 e. The topological polar surface area (TPSA) is 57.8 Å². The predicted molar refractivity (Wildman–Crippen MR) is 65.9 cm³/mol. The first-order valence-electron chi connectivity index (χ1n) is 5.96. The average Bonchev–Trinajstić information content (AvgIpc) is 2.90. The number of halogens is 4. The maximum Gasteiger partial charge on any atom is 0.419 e. The van der Waals surface area contributed by atoms with Gasteiger partial charge in [-0.15, -0.1) is 0 Å². The van der Waals surface area contributed by atoms with E-state index in [-0.39, 0.29) is 11.1 Å². The molecule has 0 fully saturated rings. The molecule has 21 heavy (non-hydrogen) atoms. The first-order valence-corrected chi connectivity index (χ1v) is 5.96. The van der Waals surface area contributed by atoms with Crippen molar-refractivity contribution in [3.05, 3.63) is 53.1 Å². The monoisotopic (exact) mass is 301 g/mol. The summed E-state index contributed by atoms with van der Waals surface area (Å²) in [6, 6.07) is 2.02. The van der Waals surface area contributed by atoms with Crippen molar-refractivity contribution in [3.8, 4) is 0 Å². The van der Waals surface area contributed by atoms with Crippen LogP contribution in [0.4, 0.5) is 17.6 Å². The van der Waals surface area contributed by atoms with E-state index >= 15 is 0 Å². The first kappa shape index (κ1) is 15.0. The second kappa shape index (κ2) is 5.55. The normalized spacial score (nSPS) is 13.0. The number of alkyl halides is 3. The van der Waals surface area contributed by atoms with Gasteiger partial charge in [0.1, 0.15) is 5.82 Å². The zero-order chi connectivity index (χ0) is 15.6. The third-order valence-electron chi connectivity index (χ3n) is 2.90. The van der Waals surface area contributed by atoms with E-state index in [0.29, 0.717) is 0 Å². The van der Waals surface area contributed by atoms with E-state index < -0.39 is 29.5 Å². The number of rotatable bonds is 3. The van der Waals surface area contributed by atoms with Gasteiger partial charge in [0.2, 0.25) is 0 Å². The van der Waals surface area contributed by atoms with Crippen LogP contribution >= 0.6 is 0 Å². The van der Waals surface area contributed by atoms with Crippen LogP contribution in [-0.2, 0) is 6.18 Å². The summed E-state index contributed by atoms with van der Waals surface area (Å²) in [7, 11) is 0. The molecule has 1 aromatic heterocycles. The predicted octanol–water partition coefficient (Wildman–Crippen LogP) is 3.06. The molecular weight excluding hydrogens is 290 g/mol. The van der Waals surface area contributed by atoms with Gasteiger partial charge in [-0.3, -0.25) is 9.89 Å². The quantitative estimate of drug-likeness (QED) is 0.856. The summed E-state index contributed by atoms with van der Waals surface area (Å²) < 4.78 is 52.2. The molecule has 1 atom stereocenters. The van der Waals surface area contributed by atoms with E-state index in [4.69, 9.17) is 0 Å². The number of nitrogens with zero attached hydrogens (tertiary/aromatic N) is 1. The van der Waals surface area contributed by atoms with Crippen LogP contribution in [0.1, 0.15) is 34.5 Å². The van der Waals surface area contributed by atoms with Gasteiger partial charge in [0.15, 0.2) is 0 Å². The fourth-order valence-electron chi connectivity index (χ4n) is 1.93. The third kappa shape index (κ3) is 3.21. The van der Waals surface area contributed by atoms with Gasteiger partial charge in [-0.25, -0.2) is 4.39 Å². The molecular formula is C13H11F4N3O. The molecule has 0 radical (unpaired) electrons. The number of aromatic nitrogens is 2. The minimum absolute atomic E-state index is 0.173. The van der Waals surface area contributed by atoms with E-state index in [2.05, 4.69) is 15.5 Å². The maximum atomic E-state index is 13.5. The Balaban J connectivity index is 2.30. The molecule has 0 aliphatic heterocycles. The Hall–Kier alpha value is -2.38. The molecule has 8 heteroatoms. The summed E-state index contributed by atoms with van der Waals surface area (Å²) >= 11 is 0. The van der Waals surface area contributed by atoms with Crippen molar-refractivity contribution in [1.29, 1.82) is 0 Å². The minimum atomic E-state index is -4.84. The van der Waals surface area contributed by atoms with Crippen molar-refractivity contribution in [1.82, 2.24) is 15.5 Å². The van der Waals surface area contributed by atoms with Gasteiger partial charge in [-0.2, -0.15) is 18.3 Å². The number of aromatic amines is 1. The van der Waals surface area contributed by atoms with Crippen molar-refractivity contribution in [2.24, 2.45) is 0 Å². The molecule has 1 heterocycles. The van der Waals surface area contributed by atoms with Crippen molar-refractivity contribution < 1.29 is 22.4 Å². The average molecular weight is 301 g/mol. The second-order valence-corrected chi connectivity index (χ2v) is 4.38. The highest BCUT2D eigenvalue weighted by atomic mass is 19.4. The van der Waals surface area contributed by atoms with Gasteiger partial charge in [0, 0.05) is 6.20 Å². The molecule has 1 aromatic carbocycles. The molecule has 1 amide bonds. The van der Waals surface area contributed by atoms with E-state index in [0.717, 1.165) is 12.1 Å². The molecule has 0 spiro atoms. The van der Waals surface area contributed by atoms with Crippen LogP contribution in [0.3, 0.4) is 0 Å². The Morgan fingerprint density at radius 3 is 2.67 bits per heavy atom. The van der Waals surface area contributed by atoms with Crippen LogP contribution < -0.4 is 5.32 Å². The Kier molecular flexibility index (Phi) is 3.97. The standard InChI is InChI=1S/C13H11F4N3O/c1-7(20-12(21)8-5-18-19-6-8)9-3-2-4-10(14)11(9)13(15,16)17/h2-7H,1H3,(H,18,19)(H,20,21)/t7-/m0/s1. The molecule has 0 bridgehead atoms. The number of H-pyrrole nitrogens is 1. The summed E-state index contributed by atoms with van der Waals surface area (Å²) in [5, 5.41) is 8.36. The van der Waals surface area contributed by atoms with Crippen LogP contribution in [0.25, 0.3) is 0 Å². The molecule has 0 aliphatic rings. The van der Waals surface area contributed by atoms with Crippen molar-refractivity contribution in [3.63, 3.8) is 0 Å². The molecule has 2 N–H and O–H groups in total. The Labute approximate surface area is 117 Å². The highest BCUT2D eigenvalue weighted by molar-refractivity contribution is 5.93.